The van der Waals surface area contributed by atoms with Crippen LogP contribution in [0.4, 0.5) is 24.5 Å². The van der Waals surface area contributed by atoms with Crippen molar-refractivity contribution < 1.29 is 18.0 Å². The number of nitrogens with zero attached hydrogens (tertiary/aromatic N) is 3. The zero-order valence-electron chi connectivity index (χ0n) is 22.6. The average Bonchev–Trinajstić information content (AvgIpc) is 3.32. The fourth-order valence-corrected chi connectivity index (χ4v) is 5.04. The lowest BCUT2D eigenvalue weighted by Gasteiger charge is -2.34. The minimum Gasteiger partial charge on any atom is -0.376 e. The maximum atomic E-state index is 13.9. The van der Waals surface area contributed by atoms with E-state index in [0.717, 1.165) is 72.3 Å². The molecule has 0 unspecified atom stereocenters. The molecule has 0 spiro atoms. The number of anilines is 2. The van der Waals surface area contributed by atoms with Crippen molar-refractivity contribution in [2.75, 3.05) is 49.9 Å². The summed E-state index contributed by atoms with van der Waals surface area (Å²) in [6, 6.07) is 15.7. The van der Waals surface area contributed by atoms with Crippen molar-refractivity contribution in [3.05, 3.63) is 77.6 Å². The average molecular weight is 551 g/mol. The minimum atomic E-state index is -4.51. The number of amides is 1. The lowest BCUT2D eigenvalue weighted by Crippen LogP contribution is -2.45. The predicted molar refractivity (Wildman–Crippen MR) is 152 cm³/mol. The molecule has 1 amide bonds. The van der Waals surface area contributed by atoms with E-state index >= 15 is 0 Å². The molecule has 0 bridgehead atoms. The third-order valence-electron chi connectivity index (χ3n) is 7.28. The molecule has 1 aliphatic heterocycles. The first-order valence-corrected chi connectivity index (χ1v) is 13.4. The van der Waals surface area contributed by atoms with Crippen molar-refractivity contribution in [3.63, 3.8) is 0 Å². The maximum absolute atomic E-state index is 13.9. The lowest BCUT2D eigenvalue weighted by molar-refractivity contribution is -0.138. The fraction of sp³-hybridized carbons (Fsp3) is 0.333. The van der Waals surface area contributed by atoms with Crippen LogP contribution >= 0.6 is 0 Å². The number of hydrogen-bond donors (Lipinski definition) is 3. The molecule has 3 N–H and O–H groups in total. The Morgan fingerprint density at radius 2 is 1.65 bits per heavy atom. The monoisotopic (exact) mass is 550 g/mol. The van der Waals surface area contributed by atoms with Crippen molar-refractivity contribution in [3.8, 4) is 11.1 Å². The van der Waals surface area contributed by atoms with E-state index in [0.29, 0.717) is 0 Å². The zero-order valence-corrected chi connectivity index (χ0v) is 22.6. The number of piperazine rings is 1. The quantitative estimate of drug-likeness (QED) is 0.261. The van der Waals surface area contributed by atoms with Gasteiger partial charge in [-0.05, 0) is 61.0 Å². The minimum absolute atomic E-state index is 0.0830. The van der Waals surface area contributed by atoms with Crippen molar-refractivity contribution in [1.29, 1.82) is 0 Å². The summed E-state index contributed by atoms with van der Waals surface area (Å²) >= 11 is 0. The number of nitrogens with one attached hydrogen (secondary N) is 3. The van der Waals surface area contributed by atoms with E-state index in [1.54, 1.807) is 6.20 Å². The molecule has 1 fully saturated rings. The molecule has 1 saturated heterocycles. The predicted octanol–water partition coefficient (Wildman–Crippen LogP) is 5.75. The highest BCUT2D eigenvalue weighted by Gasteiger charge is 2.34. The number of fused-ring (bicyclic) bond motifs is 1. The fourth-order valence-electron chi connectivity index (χ4n) is 5.04. The number of carbonyl (C=O) groups excluding carboxylic acids is 1. The number of halogens is 3. The second-order valence-corrected chi connectivity index (χ2v) is 10.2. The van der Waals surface area contributed by atoms with Crippen LogP contribution in [0.2, 0.25) is 0 Å². The van der Waals surface area contributed by atoms with Crippen LogP contribution in [0.15, 0.2) is 60.8 Å². The SMILES string of the molecule is CCN1CCN(Cc2ccc(NC(=O)CNc3ccc(-c4cnc5[nH]c(C)cc5c4)cc3)cc2C(F)(F)F)CC1. The molecular weight excluding hydrogens is 517 g/mol. The largest absolute Gasteiger partial charge is 0.416 e. The third kappa shape index (κ3) is 6.63. The van der Waals surface area contributed by atoms with Crippen LogP contribution < -0.4 is 10.6 Å². The normalized spacial score (nSPS) is 14.9. The van der Waals surface area contributed by atoms with Gasteiger partial charge < -0.3 is 20.5 Å². The van der Waals surface area contributed by atoms with Gasteiger partial charge in [-0.25, -0.2) is 4.98 Å². The number of aromatic nitrogens is 2. The van der Waals surface area contributed by atoms with Gasteiger partial charge in [0.1, 0.15) is 5.65 Å². The first kappa shape index (κ1) is 27.7. The van der Waals surface area contributed by atoms with Crippen LogP contribution in [0, 0.1) is 6.92 Å². The number of H-pyrrole nitrogens is 1. The van der Waals surface area contributed by atoms with E-state index in [1.165, 1.54) is 12.1 Å². The van der Waals surface area contributed by atoms with Crippen molar-refractivity contribution >= 4 is 28.3 Å². The van der Waals surface area contributed by atoms with E-state index < -0.39 is 17.6 Å². The number of rotatable bonds is 8. The van der Waals surface area contributed by atoms with Gasteiger partial charge in [0, 0.05) is 66.9 Å². The molecule has 0 radical (unpaired) electrons. The summed E-state index contributed by atoms with van der Waals surface area (Å²) in [5.41, 5.74) is 4.19. The summed E-state index contributed by atoms with van der Waals surface area (Å²) in [6.45, 7) is 8.32. The summed E-state index contributed by atoms with van der Waals surface area (Å²) in [5.74, 6) is -0.432. The standard InChI is InChI=1S/C30H33F3N6O/c1-3-38-10-12-39(13-11-38)19-22-6-9-26(16-27(22)30(31,32)33)37-28(40)18-34-25-7-4-21(5-8-25)24-15-23-14-20(2)36-29(23)35-17-24/h4-9,14-17,34H,3,10-13,18-19H2,1-2H3,(H,35,36)(H,37,40). The smallest absolute Gasteiger partial charge is 0.376 e. The molecule has 4 aromatic rings. The Morgan fingerprint density at radius 3 is 2.35 bits per heavy atom. The molecule has 2 aromatic heterocycles. The number of hydrogen-bond acceptors (Lipinski definition) is 5. The highest BCUT2D eigenvalue weighted by Crippen LogP contribution is 2.34. The van der Waals surface area contributed by atoms with Crippen LogP contribution in [0.1, 0.15) is 23.7 Å². The molecule has 3 heterocycles. The number of likely N-dealkylation sites (N-methyl/N-ethyl adjacent to an activating group) is 1. The molecule has 5 rings (SSSR count). The van der Waals surface area contributed by atoms with Crippen LogP contribution in [0.5, 0.6) is 0 Å². The first-order valence-electron chi connectivity index (χ1n) is 13.4. The number of carbonyl (C=O) groups is 1. The Labute approximate surface area is 231 Å². The third-order valence-corrected chi connectivity index (χ3v) is 7.28. The van der Waals surface area contributed by atoms with Gasteiger partial charge in [0.25, 0.3) is 0 Å². The molecule has 40 heavy (non-hydrogen) atoms. The molecule has 1 aliphatic rings. The number of benzene rings is 2. The first-order chi connectivity index (χ1) is 19.2. The Hall–Kier alpha value is -3.89. The Kier molecular flexibility index (Phi) is 8.09. The topological polar surface area (TPSA) is 76.3 Å². The second kappa shape index (κ2) is 11.7. The zero-order chi connectivity index (χ0) is 28.3. The van der Waals surface area contributed by atoms with Crippen LogP contribution in [0.3, 0.4) is 0 Å². The summed E-state index contributed by atoms with van der Waals surface area (Å²) < 4.78 is 41.6. The summed E-state index contributed by atoms with van der Waals surface area (Å²) in [7, 11) is 0. The van der Waals surface area contributed by atoms with E-state index in [-0.39, 0.29) is 24.3 Å². The molecule has 10 heteroatoms. The molecule has 0 atom stereocenters. The van der Waals surface area contributed by atoms with Gasteiger partial charge in [0.2, 0.25) is 5.91 Å². The molecule has 0 aliphatic carbocycles. The Morgan fingerprint density at radius 1 is 0.950 bits per heavy atom. The Bertz CT molecular complexity index is 1470. The van der Waals surface area contributed by atoms with E-state index in [9.17, 15) is 18.0 Å². The van der Waals surface area contributed by atoms with Crippen molar-refractivity contribution in [1.82, 2.24) is 19.8 Å². The van der Waals surface area contributed by atoms with Gasteiger partial charge >= 0.3 is 6.18 Å². The molecule has 0 saturated carbocycles. The highest BCUT2D eigenvalue weighted by molar-refractivity contribution is 5.94. The van der Waals surface area contributed by atoms with Gasteiger partial charge in [-0.15, -0.1) is 0 Å². The summed E-state index contributed by atoms with van der Waals surface area (Å²) in [4.78, 5) is 24.5. The van der Waals surface area contributed by atoms with Crippen LogP contribution in [-0.2, 0) is 17.5 Å². The molecular formula is C30H33F3N6O. The van der Waals surface area contributed by atoms with Gasteiger partial charge in [0.15, 0.2) is 0 Å². The van der Waals surface area contributed by atoms with Crippen molar-refractivity contribution in [2.45, 2.75) is 26.6 Å². The van der Waals surface area contributed by atoms with Crippen LogP contribution in [-0.4, -0.2) is 64.9 Å². The number of alkyl halides is 3. The summed E-state index contributed by atoms with van der Waals surface area (Å²) in [6.07, 6.45) is -2.71. The van der Waals surface area contributed by atoms with E-state index in [1.807, 2.05) is 42.2 Å². The summed E-state index contributed by atoms with van der Waals surface area (Å²) in [5, 5.41) is 6.65. The lowest BCUT2D eigenvalue weighted by atomic mass is 10.0. The van der Waals surface area contributed by atoms with Gasteiger partial charge in [-0.2, -0.15) is 13.2 Å². The second-order valence-electron chi connectivity index (χ2n) is 10.2. The maximum Gasteiger partial charge on any atom is 0.416 e. The van der Waals surface area contributed by atoms with Gasteiger partial charge in [-0.1, -0.05) is 25.1 Å². The number of aromatic amines is 1. The molecule has 2 aromatic carbocycles. The number of pyridine rings is 1. The van der Waals surface area contributed by atoms with Gasteiger partial charge in [-0.3, -0.25) is 9.69 Å². The Balaban J connectivity index is 1.18. The van der Waals surface area contributed by atoms with Gasteiger partial charge in [0.05, 0.1) is 12.1 Å². The molecule has 7 nitrogen and oxygen atoms in total. The van der Waals surface area contributed by atoms with Crippen molar-refractivity contribution in [2.24, 2.45) is 0 Å². The highest BCUT2D eigenvalue weighted by atomic mass is 19.4. The number of aryl methyl sites for hydroxylation is 1. The van der Waals surface area contributed by atoms with Crippen LogP contribution in [0.25, 0.3) is 22.2 Å². The van der Waals surface area contributed by atoms with E-state index in [2.05, 4.69) is 38.5 Å². The molecule has 210 valence electrons. The van der Waals surface area contributed by atoms with E-state index in [4.69, 9.17) is 0 Å².